The van der Waals surface area contributed by atoms with Crippen LogP contribution in [0.4, 0.5) is 11.4 Å². The third kappa shape index (κ3) is 3.85. The van der Waals surface area contributed by atoms with E-state index in [-0.39, 0.29) is 11.6 Å². The van der Waals surface area contributed by atoms with Gasteiger partial charge in [0.2, 0.25) is 0 Å². The van der Waals surface area contributed by atoms with Gasteiger partial charge in [-0.25, -0.2) is 4.79 Å². The zero-order valence-corrected chi connectivity index (χ0v) is 19.3. The zero-order valence-electron chi connectivity index (χ0n) is 18.5. The van der Waals surface area contributed by atoms with E-state index in [4.69, 9.17) is 16.3 Å². The second-order valence-corrected chi connectivity index (χ2v) is 8.73. The van der Waals surface area contributed by atoms with Gasteiger partial charge < -0.3 is 24.6 Å². The van der Waals surface area contributed by atoms with E-state index in [2.05, 4.69) is 52.1 Å². The van der Waals surface area contributed by atoms with Gasteiger partial charge in [-0.3, -0.25) is 0 Å². The molecule has 0 radical (unpaired) electrons. The number of nitrogens with zero attached hydrogens (tertiary/aromatic N) is 3. The molecule has 2 heterocycles. The molecule has 33 heavy (non-hydrogen) atoms. The number of benzene rings is 3. The highest BCUT2D eigenvalue weighted by Gasteiger charge is 2.19. The van der Waals surface area contributed by atoms with E-state index in [1.165, 1.54) is 11.8 Å². The predicted molar refractivity (Wildman–Crippen MR) is 131 cm³/mol. The highest BCUT2D eigenvalue weighted by molar-refractivity contribution is 6.34. The van der Waals surface area contributed by atoms with Gasteiger partial charge >= 0.3 is 5.97 Å². The molecule has 0 unspecified atom stereocenters. The molecular formula is C25H23ClN4O3. The van der Waals surface area contributed by atoms with Crippen LogP contribution in [-0.4, -0.2) is 48.2 Å². The lowest BCUT2D eigenvalue weighted by atomic mass is 10.0. The van der Waals surface area contributed by atoms with Crippen molar-refractivity contribution in [1.29, 1.82) is 0 Å². The van der Waals surface area contributed by atoms with Crippen molar-refractivity contribution >= 4 is 40.0 Å². The lowest BCUT2D eigenvalue weighted by Crippen LogP contribution is -2.36. The van der Waals surface area contributed by atoms with E-state index in [1.54, 1.807) is 19.1 Å². The Labute approximate surface area is 196 Å². The second-order valence-electron chi connectivity index (χ2n) is 8.32. The van der Waals surface area contributed by atoms with Gasteiger partial charge in [0.05, 0.1) is 33.0 Å². The summed E-state index contributed by atoms with van der Waals surface area (Å²) in [7, 11) is 4.20. The molecule has 0 fully saturated rings. The number of likely N-dealkylation sites (N-methyl/N-ethyl adjacent to an activating group) is 2. The van der Waals surface area contributed by atoms with E-state index in [9.17, 15) is 9.90 Å². The molecule has 1 aromatic heterocycles. The molecule has 1 aliphatic rings. The van der Waals surface area contributed by atoms with E-state index in [0.717, 1.165) is 35.4 Å². The molecule has 0 amide bonds. The minimum atomic E-state index is -0.999. The summed E-state index contributed by atoms with van der Waals surface area (Å²) in [5.41, 5.74) is 6.55. The maximum Gasteiger partial charge on any atom is 0.336 e. The van der Waals surface area contributed by atoms with Gasteiger partial charge in [-0.2, -0.15) is 4.98 Å². The predicted octanol–water partition coefficient (Wildman–Crippen LogP) is 5.57. The average Bonchev–Trinajstić information content (AvgIpc) is 3.17. The van der Waals surface area contributed by atoms with E-state index < -0.39 is 5.97 Å². The normalized spacial score (nSPS) is 13.3. The number of ether oxygens (including phenoxy) is 1. The van der Waals surface area contributed by atoms with Gasteiger partial charge in [0.1, 0.15) is 5.75 Å². The maximum absolute atomic E-state index is 11.4. The van der Waals surface area contributed by atoms with Crippen molar-refractivity contribution in [3.8, 4) is 22.9 Å². The molecule has 168 valence electrons. The van der Waals surface area contributed by atoms with Crippen LogP contribution in [0, 0.1) is 6.92 Å². The zero-order chi connectivity index (χ0) is 23.3. The third-order valence-corrected chi connectivity index (χ3v) is 6.40. The van der Waals surface area contributed by atoms with Gasteiger partial charge in [0.25, 0.3) is 6.01 Å². The van der Waals surface area contributed by atoms with Gasteiger partial charge in [-0.15, -0.1) is 0 Å². The molecule has 5 rings (SSSR count). The molecule has 0 aliphatic carbocycles. The summed E-state index contributed by atoms with van der Waals surface area (Å²) in [6.45, 7) is 3.69. The highest BCUT2D eigenvalue weighted by atomic mass is 35.5. The van der Waals surface area contributed by atoms with Gasteiger partial charge in [0.15, 0.2) is 0 Å². The van der Waals surface area contributed by atoms with Crippen molar-refractivity contribution in [2.24, 2.45) is 0 Å². The van der Waals surface area contributed by atoms with Crippen molar-refractivity contribution in [3.05, 3.63) is 64.7 Å². The first-order valence-electron chi connectivity index (χ1n) is 10.6. The van der Waals surface area contributed by atoms with Crippen LogP contribution in [0.1, 0.15) is 15.9 Å². The smallest absolute Gasteiger partial charge is 0.336 e. The number of carbonyl (C=O) groups is 1. The van der Waals surface area contributed by atoms with Crippen molar-refractivity contribution in [2.45, 2.75) is 6.92 Å². The minimum Gasteiger partial charge on any atom is -0.478 e. The average molecular weight is 463 g/mol. The second kappa shape index (κ2) is 8.01. The van der Waals surface area contributed by atoms with Crippen molar-refractivity contribution < 1.29 is 14.6 Å². The van der Waals surface area contributed by atoms with Crippen LogP contribution < -0.4 is 14.5 Å². The number of fused-ring (bicyclic) bond motifs is 2. The number of hydrogen-bond donors (Lipinski definition) is 2. The molecule has 4 aromatic rings. The minimum absolute atomic E-state index is 0.192. The van der Waals surface area contributed by atoms with Crippen LogP contribution in [-0.2, 0) is 0 Å². The molecule has 7 nitrogen and oxygen atoms in total. The molecule has 0 atom stereocenters. The first kappa shape index (κ1) is 21.2. The fraction of sp³-hybridized carbons (Fsp3) is 0.200. The standard InChI is InChI=1S/C25H23ClN4O3/c1-14-4-6-16(11-17(14)24(31)32)33-25-27-20-12-18(19(26)13-21(20)28-25)15-5-7-22-23(10-15)30(3)9-8-29(22)2/h4-7,10-13H,8-9H2,1-3H3,(H,27,28)(H,31,32). The Morgan fingerprint density at radius 2 is 1.82 bits per heavy atom. The largest absolute Gasteiger partial charge is 0.478 e. The number of aromatic nitrogens is 2. The molecule has 0 saturated heterocycles. The van der Waals surface area contributed by atoms with Crippen molar-refractivity contribution in [1.82, 2.24) is 9.97 Å². The van der Waals surface area contributed by atoms with Crippen LogP contribution >= 0.6 is 11.6 Å². The summed E-state index contributed by atoms with van der Waals surface area (Å²) in [6.07, 6.45) is 0. The lowest BCUT2D eigenvalue weighted by Gasteiger charge is -2.35. The Morgan fingerprint density at radius 3 is 2.58 bits per heavy atom. The van der Waals surface area contributed by atoms with Gasteiger partial charge in [-0.1, -0.05) is 23.7 Å². The number of H-pyrrole nitrogens is 1. The SMILES string of the molecule is Cc1ccc(Oc2nc3cc(-c4ccc5c(c4)N(C)CCN5C)c(Cl)cc3[nH]2)cc1C(=O)O. The number of aromatic amines is 1. The van der Waals surface area contributed by atoms with Crippen LogP contribution in [0.5, 0.6) is 11.8 Å². The van der Waals surface area contributed by atoms with Crippen LogP contribution in [0.15, 0.2) is 48.5 Å². The van der Waals surface area contributed by atoms with E-state index in [0.29, 0.717) is 21.9 Å². The fourth-order valence-electron chi connectivity index (χ4n) is 4.14. The van der Waals surface area contributed by atoms with Crippen LogP contribution in [0.25, 0.3) is 22.2 Å². The first-order valence-corrected chi connectivity index (χ1v) is 11.0. The monoisotopic (exact) mass is 462 g/mol. The number of imidazole rings is 1. The van der Waals surface area contributed by atoms with E-state index in [1.807, 2.05) is 12.1 Å². The number of carboxylic acids is 1. The molecule has 1 aliphatic heterocycles. The van der Waals surface area contributed by atoms with Crippen LogP contribution in [0.2, 0.25) is 5.02 Å². The number of rotatable bonds is 4. The molecule has 8 heteroatoms. The summed E-state index contributed by atoms with van der Waals surface area (Å²) < 4.78 is 5.81. The Morgan fingerprint density at radius 1 is 1.06 bits per heavy atom. The summed E-state index contributed by atoms with van der Waals surface area (Å²) in [6, 6.07) is 15.3. The molecular weight excluding hydrogens is 440 g/mol. The van der Waals surface area contributed by atoms with Gasteiger partial charge in [0, 0.05) is 32.7 Å². The number of aryl methyl sites for hydroxylation is 1. The number of halogens is 1. The Balaban J connectivity index is 1.50. The lowest BCUT2D eigenvalue weighted by molar-refractivity contribution is 0.0695. The molecule has 2 N–H and O–H groups in total. The third-order valence-electron chi connectivity index (χ3n) is 6.08. The maximum atomic E-state index is 11.4. The summed E-state index contributed by atoms with van der Waals surface area (Å²) in [5, 5.41) is 9.95. The number of carboxylic acid groups (broad SMARTS) is 1. The Kier molecular flexibility index (Phi) is 5.13. The Hall–Kier alpha value is -3.71. The highest BCUT2D eigenvalue weighted by Crippen LogP contribution is 2.39. The number of hydrogen-bond acceptors (Lipinski definition) is 5. The van der Waals surface area contributed by atoms with Crippen LogP contribution in [0.3, 0.4) is 0 Å². The quantitative estimate of drug-likeness (QED) is 0.412. The number of aromatic carboxylic acids is 1. The molecule has 0 saturated carbocycles. The first-order chi connectivity index (χ1) is 15.8. The van der Waals surface area contributed by atoms with Crippen molar-refractivity contribution in [3.63, 3.8) is 0 Å². The number of nitrogens with one attached hydrogen (secondary N) is 1. The summed E-state index contributed by atoms with van der Waals surface area (Å²) in [4.78, 5) is 23.6. The molecule has 0 spiro atoms. The topological polar surface area (TPSA) is 81.7 Å². The number of anilines is 2. The molecule has 3 aromatic carbocycles. The molecule has 0 bridgehead atoms. The van der Waals surface area contributed by atoms with Crippen molar-refractivity contribution in [2.75, 3.05) is 37.0 Å². The van der Waals surface area contributed by atoms with E-state index >= 15 is 0 Å². The fourth-order valence-corrected chi connectivity index (χ4v) is 4.42. The summed E-state index contributed by atoms with van der Waals surface area (Å²) in [5.74, 6) is -0.605. The Bertz CT molecular complexity index is 1400. The summed E-state index contributed by atoms with van der Waals surface area (Å²) >= 11 is 6.65. The van der Waals surface area contributed by atoms with Gasteiger partial charge in [-0.05, 0) is 54.4 Å².